The van der Waals surface area contributed by atoms with E-state index in [1.54, 1.807) is 12.2 Å². The van der Waals surface area contributed by atoms with Gasteiger partial charge in [0, 0.05) is 19.0 Å². The number of aliphatic hydroxyl groups excluding tert-OH is 3. The number of allylic oxidation sites excluding steroid dienone is 13. The number of rotatable bonds is 39. The van der Waals surface area contributed by atoms with E-state index in [9.17, 15) is 48.6 Å². The molecular weight excluding hydrogens is 961 g/mol. The van der Waals surface area contributed by atoms with Gasteiger partial charge in [0.2, 0.25) is 0 Å². The van der Waals surface area contributed by atoms with Crippen LogP contribution in [0.2, 0.25) is 0 Å². The van der Waals surface area contributed by atoms with Crippen LogP contribution in [0.25, 0.3) is 0 Å². The molecule has 1 fully saturated rings. The Kier molecular flexibility index (Phi) is 33.4. The van der Waals surface area contributed by atoms with E-state index < -0.39 is 89.8 Å². The van der Waals surface area contributed by atoms with Crippen molar-refractivity contribution in [3.05, 3.63) is 108 Å². The Morgan fingerprint density at radius 2 is 1.35 bits per heavy atom. The maximum Gasteiger partial charge on any atom is 0.481 e. The van der Waals surface area contributed by atoms with Crippen molar-refractivity contribution in [2.24, 2.45) is 0 Å². The number of nitrogen functional groups attached to an aromatic ring is 1. The Morgan fingerprint density at radius 3 is 2.01 bits per heavy atom. The highest BCUT2D eigenvalue weighted by Gasteiger charge is 2.46. The van der Waals surface area contributed by atoms with E-state index in [2.05, 4.69) is 83.9 Å². The molecular formula is C50H79N3O16P2. The number of ether oxygens (including phenoxy) is 3. The zero-order chi connectivity index (χ0) is 52.2. The number of nitrogens with zero attached hydrogens (tertiary/aromatic N) is 2. The molecule has 0 radical (unpaired) electrons. The topological polar surface area (TPSA) is 286 Å². The smallest absolute Gasteiger partial charge is 0.462 e. The van der Waals surface area contributed by atoms with Crippen molar-refractivity contribution in [3.8, 4) is 0 Å². The first-order valence-corrected chi connectivity index (χ1v) is 27.7. The minimum Gasteiger partial charge on any atom is -0.462 e. The molecule has 1 aliphatic rings. The molecule has 19 nitrogen and oxygen atoms in total. The highest BCUT2D eigenvalue weighted by molar-refractivity contribution is 7.61. The number of carbonyl (C=O) groups excluding carboxylic acids is 2. The first-order chi connectivity index (χ1) is 34.1. The molecule has 0 aliphatic carbocycles. The normalized spacial score (nSPS) is 20.3. The lowest BCUT2D eigenvalue weighted by Crippen LogP contribution is -2.36. The van der Waals surface area contributed by atoms with Crippen LogP contribution in [0.1, 0.15) is 142 Å². The molecule has 0 amide bonds. The summed E-state index contributed by atoms with van der Waals surface area (Å²) >= 11 is 0. The number of phosphoric ester groups is 2. The van der Waals surface area contributed by atoms with Gasteiger partial charge in [-0.25, -0.2) is 13.9 Å². The van der Waals surface area contributed by atoms with Gasteiger partial charge in [-0.1, -0.05) is 131 Å². The van der Waals surface area contributed by atoms with Crippen LogP contribution >= 0.6 is 15.6 Å². The molecule has 71 heavy (non-hydrogen) atoms. The van der Waals surface area contributed by atoms with Crippen LogP contribution in [-0.2, 0) is 46.3 Å². The predicted molar refractivity (Wildman–Crippen MR) is 271 cm³/mol. The van der Waals surface area contributed by atoms with Crippen molar-refractivity contribution in [3.63, 3.8) is 0 Å². The minimum absolute atomic E-state index is 0.0145. The molecule has 8 atom stereocenters. The maximum atomic E-state index is 12.8. The standard InChI is InChI=1S/C50H79N3O16P2/c1-3-5-7-9-11-13-15-17-18-20-22-24-26-28-30-34-46(56)67-42(38-64-45(55)35-31-33-41(54)32-29-27-25-23-21-19-16-14-12-10-8-6-4-2)39-65-70(60,61)69-71(62,63)66-40-43-47(57)48(58)49(68-43)53-37-36-44(51)52-50(53)59/h5,7,11-14,17-19,21,25,27,29,32,36-37,41-43,47-49,54,57-58H,3-4,6,8-10,15-16,20,22-24,26,28,30-31,33-35,38-40H2,1-2H3,(H,60,61)(H,62,63)(H2,51,52,59)/b7-5-,13-11-,14-12-,18-17-,21-19-,27-25-,32-29+/t41-,42-,43-,47-,48-,49-/m1/s1. The third-order valence-corrected chi connectivity index (χ3v) is 13.2. The lowest BCUT2D eigenvalue weighted by molar-refractivity contribution is -0.161. The van der Waals surface area contributed by atoms with Crippen LogP contribution in [-0.4, -0.2) is 96.9 Å². The Hall–Kier alpha value is -4.10. The second-order valence-corrected chi connectivity index (χ2v) is 19.8. The Morgan fingerprint density at radius 1 is 0.761 bits per heavy atom. The van der Waals surface area contributed by atoms with Gasteiger partial charge in [0.15, 0.2) is 12.3 Å². The summed E-state index contributed by atoms with van der Waals surface area (Å²) < 4.78 is 56.5. The number of unbranched alkanes of at least 4 members (excludes halogenated alkanes) is 8. The van der Waals surface area contributed by atoms with Crippen molar-refractivity contribution in [2.45, 2.75) is 173 Å². The summed E-state index contributed by atoms with van der Waals surface area (Å²) in [5, 5.41) is 31.2. The molecule has 0 saturated carbocycles. The first-order valence-electron chi connectivity index (χ1n) is 24.7. The summed E-state index contributed by atoms with van der Waals surface area (Å²) in [6.07, 6.45) is 35.5. The zero-order valence-electron chi connectivity index (χ0n) is 41.4. The number of carbonyl (C=O) groups is 2. The fourth-order valence-corrected chi connectivity index (χ4v) is 8.83. The molecule has 2 unspecified atom stereocenters. The van der Waals surface area contributed by atoms with E-state index in [0.717, 1.165) is 81.4 Å². The van der Waals surface area contributed by atoms with E-state index in [4.69, 9.17) is 29.0 Å². The predicted octanol–water partition coefficient (Wildman–Crippen LogP) is 8.86. The fourth-order valence-electron chi connectivity index (χ4n) is 6.72. The molecule has 1 aromatic rings. The largest absolute Gasteiger partial charge is 0.481 e. The van der Waals surface area contributed by atoms with E-state index in [1.807, 2.05) is 12.2 Å². The Bertz CT molecular complexity index is 2040. The van der Waals surface area contributed by atoms with Gasteiger partial charge in [-0.2, -0.15) is 9.29 Å². The van der Waals surface area contributed by atoms with Gasteiger partial charge in [-0.15, -0.1) is 0 Å². The number of hydrogen-bond donors (Lipinski definition) is 6. The maximum absolute atomic E-state index is 12.8. The monoisotopic (exact) mass is 1040 g/mol. The number of hydrogen-bond acceptors (Lipinski definition) is 16. The molecule has 400 valence electrons. The van der Waals surface area contributed by atoms with Crippen LogP contribution in [0, 0.1) is 0 Å². The highest BCUT2D eigenvalue weighted by Crippen LogP contribution is 2.60. The van der Waals surface area contributed by atoms with Gasteiger partial charge < -0.3 is 45.1 Å². The molecule has 0 bridgehead atoms. The number of aliphatic hydroxyl groups is 3. The molecule has 0 spiro atoms. The Labute approximate surface area is 419 Å². The van der Waals surface area contributed by atoms with E-state index in [0.29, 0.717) is 6.42 Å². The summed E-state index contributed by atoms with van der Waals surface area (Å²) in [5.74, 6) is -1.54. The summed E-state index contributed by atoms with van der Waals surface area (Å²) in [5.41, 5.74) is 4.57. The van der Waals surface area contributed by atoms with Crippen molar-refractivity contribution in [2.75, 3.05) is 25.6 Å². The third-order valence-electron chi connectivity index (χ3n) is 10.6. The summed E-state index contributed by atoms with van der Waals surface area (Å²) in [6, 6.07) is 1.23. The average molecular weight is 1040 g/mol. The van der Waals surface area contributed by atoms with Crippen LogP contribution < -0.4 is 11.4 Å². The van der Waals surface area contributed by atoms with Gasteiger partial charge >= 0.3 is 33.3 Å². The number of phosphoric acid groups is 2. The zero-order valence-corrected chi connectivity index (χ0v) is 43.1. The molecule has 2 heterocycles. The van der Waals surface area contributed by atoms with Crippen LogP contribution in [0.4, 0.5) is 5.82 Å². The van der Waals surface area contributed by atoms with E-state index >= 15 is 0 Å². The number of esters is 2. The van der Waals surface area contributed by atoms with Gasteiger partial charge in [0.1, 0.15) is 30.7 Å². The van der Waals surface area contributed by atoms with Crippen molar-refractivity contribution in [1.82, 2.24) is 9.55 Å². The van der Waals surface area contributed by atoms with Crippen LogP contribution in [0.15, 0.2) is 102 Å². The third kappa shape index (κ3) is 30.5. The lowest BCUT2D eigenvalue weighted by atomic mass is 10.1. The van der Waals surface area contributed by atoms with Crippen molar-refractivity contribution in [1.29, 1.82) is 0 Å². The first kappa shape index (κ1) is 63.0. The summed E-state index contributed by atoms with van der Waals surface area (Å²) in [4.78, 5) is 61.9. The number of anilines is 1. The fraction of sp³-hybridized carbons (Fsp3) is 0.600. The Balaban J connectivity index is 1.87. The second-order valence-electron chi connectivity index (χ2n) is 16.8. The molecule has 1 aromatic heterocycles. The van der Waals surface area contributed by atoms with Crippen LogP contribution in [0.5, 0.6) is 0 Å². The highest BCUT2D eigenvalue weighted by atomic mass is 31.3. The van der Waals surface area contributed by atoms with Gasteiger partial charge in [-0.3, -0.25) is 23.2 Å². The van der Waals surface area contributed by atoms with Crippen molar-refractivity contribution < 1.29 is 71.4 Å². The SMILES string of the molecule is CC/C=C\C/C=C\C/C=C\CCCCCCCC(=O)O[C@H](COC(=O)CCC[C@H](O)/C=C/C=C\C/C=C\C/C=C\CCCCC)COP(=O)(O)OP(=O)(O)OC[C@H]1O[C@@H](n2ccc(N)nc2=O)[C@H](O)[C@@H]1O. The van der Waals surface area contributed by atoms with Crippen molar-refractivity contribution >= 4 is 33.4 Å². The molecule has 1 saturated heterocycles. The number of aromatic nitrogens is 2. The quantitative estimate of drug-likeness (QED) is 0.0118. The summed E-state index contributed by atoms with van der Waals surface area (Å²) in [6.45, 7) is 1.79. The van der Waals surface area contributed by atoms with Gasteiger partial charge in [0.05, 0.1) is 19.3 Å². The van der Waals surface area contributed by atoms with Crippen LogP contribution in [0.3, 0.4) is 0 Å². The molecule has 0 aromatic carbocycles. The molecule has 21 heteroatoms. The summed E-state index contributed by atoms with van der Waals surface area (Å²) in [7, 11) is -10.9. The van der Waals surface area contributed by atoms with Gasteiger partial charge in [0.25, 0.3) is 0 Å². The lowest BCUT2D eigenvalue weighted by Gasteiger charge is -2.21. The molecule has 7 N–H and O–H groups in total. The van der Waals surface area contributed by atoms with E-state index in [1.165, 1.54) is 25.3 Å². The van der Waals surface area contributed by atoms with E-state index in [-0.39, 0.29) is 31.5 Å². The molecule has 2 rings (SSSR count). The second kappa shape index (κ2) is 37.6. The average Bonchev–Trinajstić information content (AvgIpc) is 3.60. The molecule has 1 aliphatic heterocycles. The minimum atomic E-state index is -5.47. The number of nitrogens with two attached hydrogens (primary N) is 1. The van der Waals surface area contributed by atoms with Gasteiger partial charge in [-0.05, 0) is 83.1 Å².